The highest BCUT2D eigenvalue weighted by Crippen LogP contribution is 2.36. The monoisotopic (exact) mass is 528 g/mol. The van der Waals surface area contributed by atoms with Crippen LogP contribution in [0.15, 0.2) is 23.1 Å². The van der Waals surface area contributed by atoms with Crippen LogP contribution in [0, 0.1) is 0 Å². The van der Waals surface area contributed by atoms with Crippen LogP contribution >= 0.6 is 24.0 Å². The summed E-state index contributed by atoms with van der Waals surface area (Å²) in [6, 6.07) is 3.49. The largest absolute Gasteiger partial charge is 0.493 e. The molecule has 2 heterocycles. The Hall–Kier alpha value is -2.75. The van der Waals surface area contributed by atoms with Gasteiger partial charge in [-0.2, -0.15) is 0 Å². The first-order valence-electron chi connectivity index (χ1n) is 10.3. The summed E-state index contributed by atoms with van der Waals surface area (Å²) in [5, 5.41) is 41.5. The Kier molecular flexibility index (Phi) is 8.69. The number of aliphatic hydroxyl groups excluding tert-OH is 3. The summed E-state index contributed by atoms with van der Waals surface area (Å²) in [6.45, 7) is 0.0914. The highest BCUT2D eigenvalue weighted by atomic mass is 32.2. The van der Waals surface area contributed by atoms with E-state index in [1.54, 1.807) is 12.1 Å². The number of nitrogens with one attached hydrogen (secondary N) is 1. The number of ether oxygens (including phenoxy) is 3. The smallest absolute Gasteiger partial charge is 0.323 e. The molecule has 0 radical (unpaired) electrons. The zero-order valence-electron chi connectivity index (χ0n) is 18.6. The average Bonchev–Trinajstić information content (AvgIpc) is 3.06. The summed E-state index contributed by atoms with van der Waals surface area (Å²) < 4.78 is 16.9. The number of carbonyl (C=O) groups is 3. The van der Waals surface area contributed by atoms with Crippen LogP contribution in [-0.4, -0.2) is 98.3 Å². The Morgan fingerprint density at radius 2 is 2.00 bits per heavy atom. The number of benzene rings is 1. The predicted octanol–water partition coefficient (Wildman–Crippen LogP) is -0.696. The van der Waals surface area contributed by atoms with E-state index in [-0.39, 0.29) is 20.7 Å². The van der Waals surface area contributed by atoms with Crippen molar-refractivity contribution in [2.24, 2.45) is 0 Å². The molecule has 190 valence electrons. The van der Waals surface area contributed by atoms with Crippen LogP contribution in [0.25, 0.3) is 6.08 Å². The lowest BCUT2D eigenvalue weighted by Crippen LogP contribution is -2.65. The zero-order valence-corrected chi connectivity index (χ0v) is 20.2. The number of carboxylic acids is 1. The fourth-order valence-corrected chi connectivity index (χ4v) is 4.75. The quantitative estimate of drug-likeness (QED) is 0.212. The average molecular weight is 529 g/mol. The van der Waals surface area contributed by atoms with Gasteiger partial charge in [0.05, 0.1) is 18.6 Å². The van der Waals surface area contributed by atoms with Crippen molar-refractivity contribution in [1.82, 2.24) is 10.2 Å². The van der Waals surface area contributed by atoms with E-state index in [2.05, 4.69) is 5.32 Å². The summed E-state index contributed by atoms with van der Waals surface area (Å²) in [7, 11) is 1.38. The maximum Gasteiger partial charge on any atom is 0.323 e. The normalized spacial score (nSPS) is 27.7. The third-order valence-electron chi connectivity index (χ3n) is 5.15. The number of rotatable bonds is 8. The molecule has 2 amide bonds. The first-order chi connectivity index (χ1) is 16.5. The number of amides is 2. The minimum Gasteiger partial charge on any atom is -0.493 e. The van der Waals surface area contributed by atoms with Crippen LogP contribution in [-0.2, 0) is 19.1 Å². The van der Waals surface area contributed by atoms with Crippen molar-refractivity contribution >= 4 is 52.2 Å². The molecule has 0 aromatic heterocycles. The zero-order chi connectivity index (χ0) is 25.9. The van der Waals surface area contributed by atoms with Crippen molar-refractivity contribution in [1.29, 1.82) is 0 Å². The van der Waals surface area contributed by atoms with Crippen LogP contribution < -0.4 is 14.8 Å². The van der Waals surface area contributed by atoms with Gasteiger partial charge in [0.15, 0.2) is 11.5 Å². The Morgan fingerprint density at radius 1 is 1.29 bits per heavy atom. The second-order valence-corrected chi connectivity index (χ2v) is 9.30. The Labute approximate surface area is 209 Å². The number of carbonyl (C=O) groups excluding carboxylic acids is 2. The maximum absolute atomic E-state index is 12.5. The standard InChI is InChI=1S/C21H24N2O10S2/c1-9(25)22-16-18(29)17(28)13(8-24)33-20(16)32-11-4-3-10(5-12(11)31-2)6-14-19(30)23(7-15(26)27)21(34)35-14/h3-6,13,16-18,20,24,28-29H,7-8H2,1-2H3,(H,22,25)(H,26,27). The molecule has 12 nitrogen and oxygen atoms in total. The van der Waals surface area contributed by atoms with E-state index in [1.165, 1.54) is 26.2 Å². The van der Waals surface area contributed by atoms with Gasteiger partial charge < -0.3 is 40.0 Å². The maximum atomic E-state index is 12.5. The molecule has 0 aliphatic carbocycles. The van der Waals surface area contributed by atoms with Gasteiger partial charge in [0.25, 0.3) is 5.91 Å². The van der Waals surface area contributed by atoms with Crippen LogP contribution in [0.3, 0.4) is 0 Å². The number of hydrogen-bond acceptors (Lipinski definition) is 11. The van der Waals surface area contributed by atoms with E-state index >= 15 is 0 Å². The minimum atomic E-state index is -1.48. The Morgan fingerprint density at radius 3 is 2.60 bits per heavy atom. The number of thioether (sulfide) groups is 1. The molecular formula is C21H24N2O10S2. The van der Waals surface area contributed by atoms with Crippen LogP contribution in [0.2, 0.25) is 0 Å². The van der Waals surface area contributed by atoms with Crippen LogP contribution in [0.1, 0.15) is 12.5 Å². The van der Waals surface area contributed by atoms with E-state index < -0.39 is 61.6 Å². The van der Waals surface area contributed by atoms with Gasteiger partial charge in [0, 0.05) is 6.92 Å². The molecule has 2 aliphatic heterocycles. The van der Waals surface area contributed by atoms with Crippen molar-refractivity contribution in [3.05, 3.63) is 28.7 Å². The fourth-order valence-electron chi connectivity index (χ4n) is 3.49. The van der Waals surface area contributed by atoms with Gasteiger partial charge in [0.1, 0.15) is 35.2 Å². The molecular weight excluding hydrogens is 504 g/mol. The molecule has 35 heavy (non-hydrogen) atoms. The molecule has 0 bridgehead atoms. The summed E-state index contributed by atoms with van der Waals surface area (Å²) in [6.07, 6.45) is -3.85. The molecule has 2 fully saturated rings. The number of carboxylic acid groups (broad SMARTS) is 1. The fraction of sp³-hybridized carbons (Fsp3) is 0.429. The van der Waals surface area contributed by atoms with Crippen molar-refractivity contribution in [3.8, 4) is 11.5 Å². The number of aliphatic carboxylic acids is 1. The minimum absolute atomic E-state index is 0.133. The van der Waals surface area contributed by atoms with E-state index in [0.29, 0.717) is 5.56 Å². The number of methoxy groups -OCH3 is 1. The van der Waals surface area contributed by atoms with Gasteiger partial charge in [-0.25, -0.2) is 0 Å². The molecule has 0 spiro atoms. The van der Waals surface area contributed by atoms with Crippen LogP contribution in [0.5, 0.6) is 11.5 Å². The van der Waals surface area contributed by atoms with E-state index in [0.717, 1.165) is 16.7 Å². The molecule has 1 aromatic carbocycles. The molecule has 2 saturated heterocycles. The van der Waals surface area contributed by atoms with Gasteiger partial charge in [-0.15, -0.1) is 0 Å². The van der Waals surface area contributed by atoms with E-state index in [1.807, 2.05) is 0 Å². The first kappa shape index (κ1) is 26.8. The van der Waals surface area contributed by atoms with E-state index in [9.17, 15) is 29.7 Å². The number of thiocarbonyl (C=S) groups is 1. The number of nitrogens with zero attached hydrogens (tertiary/aromatic N) is 1. The lowest BCUT2D eigenvalue weighted by molar-refractivity contribution is -0.244. The summed E-state index contributed by atoms with van der Waals surface area (Å²) in [4.78, 5) is 36.3. The van der Waals surface area contributed by atoms with Gasteiger partial charge in [0.2, 0.25) is 12.2 Å². The molecule has 14 heteroatoms. The molecule has 1 aromatic rings. The summed E-state index contributed by atoms with van der Waals surface area (Å²) in [5.41, 5.74) is 0.525. The highest BCUT2D eigenvalue weighted by Gasteiger charge is 2.46. The van der Waals surface area contributed by atoms with E-state index in [4.69, 9.17) is 31.5 Å². The van der Waals surface area contributed by atoms with Gasteiger partial charge in [-0.3, -0.25) is 19.3 Å². The van der Waals surface area contributed by atoms with Gasteiger partial charge in [-0.1, -0.05) is 30.0 Å². The molecule has 3 rings (SSSR count). The highest BCUT2D eigenvalue weighted by molar-refractivity contribution is 8.26. The lowest BCUT2D eigenvalue weighted by atomic mass is 9.97. The summed E-state index contributed by atoms with van der Waals surface area (Å²) >= 11 is 6.06. The SMILES string of the molecule is COc1cc(C=C2SC(=S)N(CC(=O)O)C2=O)ccc1OC1OC(CO)C(O)C(O)C1NC(C)=O. The third-order valence-corrected chi connectivity index (χ3v) is 6.52. The molecule has 0 saturated carbocycles. The number of aliphatic hydroxyl groups is 3. The van der Waals surface area contributed by atoms with Crippen molar-refractivity contribution < 1.29 is 49.0 Å². The molecule has 5 N–H and O–H groups in total. The topological polar surface area (TPSA) is 175 Å². The number of hydrogen-bond donors (Lipinski definition) is 5. The van der Waals surface area contributed by atoms with Crippen molar-refractivity contribution in [2.75, 3.05) is 20.3 Å². The Bertz CT molecular complexity index is 1050. The predicted molar refractivity (Wildman–Crippen MR) is 127 cm³/mol. The second-order valence-electron chi connectivity index (χ2n) is 7.62. The lowest BCUT2D eigenvalue weighted by Gasteiger charge is -2.42. The first-order valence-corrected chi connectivity index (χ1v) is 11.5. The molecule has 5 unspecified atom stereocenters. The van der Waals surface area contributed by atoms with Gasteiger partial charge in [-0.05, 0) is 23.8 Å². The van der Waals surface area contributed by atoms with Crippen molar-refractivity contribution in [3.63, 3.8) is 0 Å². The van der Waals surface area contributed by atoms with Gasteiger partial charge >= 0.3 is 5.97 Å². The molecule has 5 atom stereocenters. The van der Waals surface area contributed by atoms with Crippen LogP contribution in [0.4, 0.5) is 0 Å². The third kappa shape index (κ3) is 6.09. The Balaban J connectivity index is 1.84. The summed E-state index contributed by atoms with van der Waals surface area (Å²) in [5.74, 6) is -1.84. The van der Waals surface area contributed by atoms with Crippen molar-refractivity contribution in [2.45, 2.75) is 37.6 Å². The second kappa shape index (κ2) is 11.3. The molecule has 2 aliphatic rings.